The Hall–Kier alpha value is 0.400. The number of hydrogen-bond donors (Lipinski definition) is 0. The summed E-state index contributed by atoms with van der Waals surface area (Å²) in [6, 6.07) is 0. The molecule has 0 unspecified atom stereocenters. The maximum Gasteiger partial charge on any atom is 0.315 e. The van der Waals surface area contributed by atoms with Crippen LogP contribution in [0.2, 0.25) is 0 Å². The summed E-state index contributed by atoms with van der Waals surface area (Å²) in [4.78, 5) is 21.5. The van der Waals surface area contributed by atoms with Gasteiger partial charge in [-0.3, -0.25) is 9.59 Å². The molecule has 0 aromatic heterocycles. The van der Waals surface area contributed by atoms with Gasteiger partial charge < -0.3 is 9.47 Å². The fraction of sp³-hybridized carbons (Fsp3) is 0.778. The molecular formula is C9H14I2O4. The van der Waals surface area contributed by atoms with Gasteiger partial charge in [-0.05, 0) is 19.3 Å². The Kier molecular flexibility index (Phi) is 11.2. The number of carbonyl (C=O) groups is 2. The van der Waals surface area contributed by atoms with Gasteiger partial charge in [-0.2, -0.15) is 0 Å². The molecule has 15 heavy (non-hydrogen) atoms. The molecule has 0 fully saturated rings. The first-order chi connectivity index (χ1) is 7.20. The maximum atomic E-state index is 10.7. The number of carbonyl (C=O) groups excluding carboxylic acids is 2. The van der Waals surface area contributed by atoms with E-state index >= 15 is 0 Å². The molecule has 0 spiro atoms. The standard InChI is InChI=1S/C9H14I2O4/c10-6-8(12)14-4-2-1-3-5-15-9(13)7-11/h1-7H2. The van der Waals surface area contributed by atoms with Crippen LogP contribution in [-0.4, -0.2) is 34.0 Å². The molecule has 0 saturated heterocycles. The van der Waals surface area contributed by atoms with Crippen LogP contribution in [0, 0.1) is 0 Å². The Balaban J connectivity index is 3.11. The van der Waals surface area contributed by atoms with Crippen molar-refractivity contribution in [2.24, 2.45) is 0 Å². The lowest BCUT2D eigenvalue weighted by Gasteiger charge is -2.03. The summed E-state index contributed by atoms with van der Waals surface area (Å²) in [7, 11) is 0. The summed E-state index contributed by atoms with van der Waals surface area (Å²) in [5.74, 6) is -0.348. The second-order valence-corrected chi connectivity index (χ2v) is 4.29. The Bertz CT molecular complexity index is 177. The molecule has 0 N–H and O–H groups in total. The normalized spacial score (nSPS) is 9.73. The number of ether oxygens (including phenoxy) is 2. The molecule has 0 rings (SSSR count). The van der Waals surface area contributed by atoms with Crippen LogP contribution in [0.3, 0.4) is 0 Å². The van der Waals surface area contributed by atoms with Crippen LogP contribution in [0.4, 0.5) is 0 Å². The molecule has 0 bridgehead atoms. The highest BCUT2D eigenvalue weighted by Crippen LogP contribution is 1.98. The fourth-order valence-electron chi connectivity index (χ4n) is 0.830. The predicted molar refractivity (Wildman–Crippen MR) is 73.5 cm³/mol. The molecule has 0 amide bonds. The highest BCUT2D eigenvalue weighted by molar-refractivity contribution is 14.1. The summed E-state index contributed by atoms with van der Waals surface area (Å²) in [6.07, 6.45) is 2.55. The molecular weight excluding hydrogens is 426 g/mol. The first-order valence-electron chi connectivity index (χ1n) is 4.64. The van der Waals surface area contributed by atoms with Crippen LogP contribution in [0.1, 0.15) is 19.3 Å². The van der Waals surface area contributed by atoms with E-state index in [0.717, 1.165) is 19.3 Å². The van der Waals surface area contributed by atoms with Gasteiger partial charge in [0.25, 0.3) is 0 Å². The van der Waals surface area contributed by atoms with Crippen molar-refractivity contribution in [2.45, 2.75) is 19.3 Å². The van der Waals surface area contributed by atoms with Gasteiger partial charge in [0.2, 0.25) is 0 Å². The number of rotatable bonds is 8. The quantitative estimate of drug-likeness (QED) is 0.251. The van der Waals surface area contributed by atoms with Gasteiger partial charge in [0.05, 0.1) is 22.1 Å². The Morgan fingerprint density at radius 2 is 1.20 bits per heavy atom. The molecule has 0 radical (unpaired) electrons. The van der Waals surface area contributed by atoms with Gasteiger partial charge >= 0.3 is 11.9 Å². The van der Waals surface area contributed by atoms with Crippen molar-refractivity contribution in [3.05, 3.63) is 0 Å². The number of hydrogen-bond acceptors (Lipinski definition) is 4. The Morgan fingerprint density at radius 1 is 0.800 bits per heavy atom. The lowest BCUT2D eigenvalue weighted by Crippen LogP contribution is -2.08. The van der Waals surface area contributed by atoms with Crippen LogP contribution in [0.15, 0.2) is 0 Å². The first-order valence-corrected chi connectivity index (χ1v) is 7.69. The summed E-state index contributed by atoms with van der Waals surface area (Å²) in [5.41, 5.74) is 0. The molecule has 0 aliphatic rings. The van der Waals surface area contributed by atoms with Crippen LogP contribution in [0.25, 0.3) is 0 Å². The van der Waals surface area contributed by atoms with E-state index in [1.54, 1.807) is 0 Å². The van der Waals surface area contributed by atoms with E-state index in [1.165, 1.54) is 0 Å². The highest BCUT2D eigenvalue weighted by Gasteiger charge is 2.00. The maximum absolute atomic E-state index is 10.7. The lowest BCUT2D eigenvalue weighted by atomic mass is 10.2. The first kappa shape index (κ1) is 15.4. The molecule has 0 atom stereocenters. The van der Waals surface area contributed by atoms with Gasteiger partial charge in [0, 0.05) is 0 Å². The minimum absolute atomic E-state index is 0.174. The largest absolute Gasteiger partial charge is 0.465 e. The molecule has 0 heterocycles. The van der Waals surface area contributed by atoms with Crippen molar-refractivity contribution in [3.63, 3.8) is 0 Å². The monoisotopic (exact) mass is 440 g/mol. The summed E-state index contributed by atoms with van der Waals surface area (Å²) in [6.45, 7) is 0.921. The van der Waals surface area contributed by atoms with Crippen molar-refractivity contribution >= 4 is 57.1 Å². The zero-order chi connectivity index (χ0) is 11.5. The van der Waals surface area contributed by atoms with Gasteiger partial charge in [0.1, 0.15) is 0 Å². The molecule has 0 aliphatic heterocycles. The van der Waals surface area contributed by atoms with Gasteiger partial charge in [-0.25, -0.2) is 0 Å². The Morgan fingerprint density at radius 3 is 1.53 bits per heavy atom. The fourth-order valence-corrected chi connectivity index (χ4v) is 1.27. The number of halogens is 2. The molecule has 4 nitrogen and oxygen atoms in total. The minimum Gasteiger partial charge on any atom is -0.465 e. The van der Waals surface area contributed by atoms with E-state index < -0.39 is 0 Å². The van der Waals surface area contributed by atoms with E-state index in [4.69, 9.17) is 9.47 Å². The van der Waals surface area contributed by atoms with Crippen LogP contribution in [-0.2, 0) is 19.1 Å². The van der Waals surface area contributed by atoms with Crippen LogP contribution in [0.5, 0.6) is 0 Å². The third-order valence-electron chi connectivity index (χ3n) is 1.53. The zero-order valence-electron chi connectivity index (χ0n) is 8.34. The van der Waals surface area contributed by atoms with E-state index in [1.807, 2.05) is 45.2 Å². The third kappa shape index (κ3) is 10.7. The molecule has 0 aromatic carbocycles. The SMILES string of the molecule is O=C(CI)OCCCCCOC(=O)CI. The number of alkyl halides is 2. The third-order valence-corrected chi connectivity index (χ3v) is 2.78. The predicted octanol–water partition coefficient (Wildman–Crippen LogP) is 2.11. The topological polar surface area (TPSA) is 52.6 Å². The van der Waals surface area contributed by atoms with Gasteiger partial charge in [-0.1, -0.05) is 45.2 Å². The summed E-state index contributed by atoms with van der Waals surface area (Å²) >= 11 is 3.93. The van der Waals surface area contributed by atoms with Crippen molar-refractivity contribution < 1.29 is 19.1 Å². The van der Waals surface area contributed by atoms with Crippen molar-refractivity contribution in [1.82, 2.24) is 0 Å². The number of unbranched alkanes of at least 4 members (excludes halogenated alkanes) is 2. The molecule has 6 heteroatoms. The molecule has 88 valence electrons. The van der Waals surface area contributed by atoms with Crippen molar-refractivity contribution in [2.75, 3.05) is 22.1 Å². The van der Waals surface area contributed by atoms with Crippen LogP contribution >= 0.6 is 45.2 Å². The highest BCUT2D eigenvalue weighted by atomic mass is 127. The smallest absolute Gasteiger partial charge is 0.315 e. The average molecular weight is 440 g/mol. The van der Waals surface area contributed by atoms with Gasteiger partial charge in [-0.15, -0.1) is 0 Å². The van der Waals surface area contributed by atoms with E-state index in [0.29, 0.717) is 22.1 Å². The molecule has 0 aromatic rings. The zero-order valence-corrected chi connectivity index (χ0v) is 12.7. The van der Waals surface area contributed by atoms with E-state index in [9.17, 15) is 9.59 Å². The number of esters is 2. The lowest BCUT2D eigenvalue weighted by molar-refractivity contribution is -0.140. The molecule has 0 saturated carbocycles. The Labute approximate surface area is 117 Å². The van der Waals surface area contributed by atoms with Crippen LogP contribution < -0.4 is 0 Å². The summed E-state index contributed by atoms with van der Waals surface area (Å²) < 4.78 is 10.6. The van der Waals surface area contributed by atoms with Gasteiger partial charge in [0.15, 0.2) is 0 Å². The van der Waals surface area contributed by atoms with Crippen molar-refractivity contribution in [1.29, 1.82) is 0 Å². The second-order valence-electron chi connectivity index (χ2n) is 2.77. The molecule has 0 aliphatic carbocycles. The average Bonchev–Trinajstić information content (AvgIpc) is 2.26. The van der Waals surface area contributed by atoms with E-state index in [2.05, 4.69) is 0 Å². The summed E-state index contributed by atoms with van der Waals surface area (Å²) in [5, 5.41) is 0. The minimum atomic E-state index is -0.174. The second kappa shape index (κ2) is 10.9. The van der Waals surface area contributed by atoms with Crippen molar-refractivity contribution in [3.8, 4) is 0 Å². The van der Waals surface area contributed by atoms with E-state index in [-0.39, 0.29) is 11.9 Å².